The van der Waals surface area contributed by atoms with Crippen molar-refractivity contribution in [3.8, 4) is 0 Å². The maximum Gasteiger partial charge on any atom is 0.218 e. The molecule has 2 heterocycles. The van der Waals surface area contributed by atoms with Gasteiger partial charge in [0.15, 0.2) is 0 Å². The third-order valence-electron chi connectivity index (χ3n) is 4.09. The normalized spacial score (nSPS) is 19.6. The average Bonchev–Trinajstić information content (AvgIpc) is 3.10. The van der Waals surface area contributed by atoms with Gasteiger partial charge in [0.1, 0.15) is 0 Å². The number of rotatable bonds is 5. The fourth-order valence-corrected chi connectivity index (χ4v) is 4.89. The lowest BCUT2D eigenvalue weighted by molar-refractivity contribution is 0.351. The summed E-state index contributed by atoms with van der Waals surface area (Å²) >= 11 is 0. The molecule has 1 aliphatic heterocycles. The van der Waals surface area contributed by atoms with Gasteiger partial charge in [0, 0.05) is 31.5 Å². The molecule has 0 spiro atoms. The van der Waals surface area contributed by atoms with Gasteiger partial charge in [-0.1, -0.05) is 29.8 Å². The van der Waals surface area contributed by atoms with Crippen LogP contribution in [-0.4, -0.2) is 34.9 Å². The lowest BCUT2D eigenvalue weighted by atomic mass is 10.2. The Morgan fingerprint density at radius 3 is 2.95 bits per heavy atom. The van der Waals surface area contributed by atoms with Crippen molar-refractivity contribution in [3.63, 3.8) is 0 Å². The van der Waals surface area contributed by atoms with Gasteiger partial charge in [-0.25, -0.2) is 13.4 Å². The van der Waals surface area contributed by atoms with Crippen LogP contribution in [0.25, 0.3) is 0 Å². The summed E-state index contributed by atoms with van der Waals surface area (Å²) in [6.07, 6.45) is 7.17. The molecule has 1 aromatic carbocycles. The molecule has 1 saturated heterocycles. The van der Waals surface area contributed by atoms with E-state index in [0.717, 1.165) is 24.0 Å². The molecule has 0 radical (unpaired) electrons. The van der Waals surface area contributed by atoms with E-state index in [1.54, 1.807) is 16.8 Å². The molecule has 0 bridgehead atoms. The van der Waals surface area contributed by atoms with E-state index < -0.39 is 10.0 Å². The Balaban J connectivity index is 1.75. The van der Waals surface area contributed by atoms with Gasteiger partial charge in [0.05, 0.1) is 12.1 Å². The van der Waals surface area contributed by atoms with Crippen LogP contribution in [0.15, 0.2) is 43.0 Å². The molecule has 0 aliphatic carbocycles. The van der Waals surface area contributed by atoms with Gasteiger partial charge in [0.25, 0.3) is 0 Å². The Kier molecular flexibility index (Phi) is 4.31. The summed E-state index contributed by atoms with van der Waals surface area (Å²) in [5.74, 6) is 0.0785. The number of nitrogens with zero attached hydrogens (tertiary/aromatic N) is 3. The van der Waals surface area contributed by atoms with E-state index in [2.05, 4.69) is 4.98 Å². The Hall–Kier alpha value is -1.66. The van der Waals surface area contributed by atoms with Crippen LogP contribution in [0.5, 0.6) is 0 Å². The second-order valence-corrected chi connectivity index (χ2v) is 7.83. The largest absolute Gasteiger partial charge is 0.336 e. The zero-order chi connectivity index (χ0) is 15.6. The van der Waals surface area contributed by atoms with E-state index in [-0.39, 0.29) is 11.8 Å². The van der Waals surface area contributed by atoms with Gasteiger partial charge in [-0.05, 0) is 25.3 Å². The minimum absolute atomic E-state index is 0.0315. The molecular weight excluding hydrogens is 298 g/mol. The molecule has 0 N–H and O–H groups in total. The van der Waals surface area contributed by atoms with Gasteiger partial charge in [-0.3, -0.25) is 0 Å². The number of sulfonamides is 1. The summed E-state index contributed by atoms with van der Waals surface area (Å²) in [7, 11) is -3.28. The molecular formula is C16H21N3O2S. The maximum absolute atomic E-state index is 12.8. The highest BCUT2D eigenvalue weighted by molar-refractivity contribution is 7.88. The molecule has 1 unspecified atom stereocenters. The first-order valence-electron chi connectivity index (χ1n) is 7.55. The van der Waals surface area contributed by atoms with Crippen molar-refractivity contribution < 1.29 is 8.42 Å². The molecule has 22 heavy (non-hydrogen) atoms. The van der Waals surface area contributed by atoms with E-state index in [0.29, 0.717) is 13.1 Å². The number of aryl methyl sites for hydroxylation is 1. The molecule has 0 amide bonds. The minimum Gasteiger partial charge on any atom is -0.336 e. The Labute approximate surface area is 131 Å². The van der Waals surface area contributed by atoms with Gasteiger partial charge in [0.2, 0.25) is 10.0 Å². The summed E-state index contributed by atoms with van der Waals surface area (Å²) in [4.78, 5) is 4.02. The van der Waals surface area contributed by atoms with Gasteiger partial charge >= 0.3 is 0 Å². The van der Waals surface area contributed by atoms with Crippen molar-refractivity contribution in [2.24, 2.45) is 0 Å². The zero-order valence-electron chi connectivity index (χ0n) is 12.7. The van der Waals surface area contributed by atoms with Crippen molar-refractivity contribution in [1.82, 2.24) is 13.9 Å². The van der Waals surface area contributed by atoms with Crippen LogP contribution in [-0.2, 0) is 22.3 Å². The first-order valence-corrected chi connectivity index (χ1v) is 9.16. The van der Waals surface area contributed by atoms with E-state index >= 15 is 0 Å². The van der Waals surface area contributed by atoms with Crippen LogP contribution in [0.2, 0.25) is 0 Å². The second-order valence-electron chi connectivity index (χ2n) is 5.91. The van der Waals surface area contributed by atoms with Crippen molar-refractivity contribution in [2.75, 3.05) is 6.54 Å². The van der Waals surface area contributed by atoms with Crippen LogP contribution in [0, 0.1) is 6.92 Å². The molecule has 3 rings (SSSR count). The number of imidazole rings is 1. The Bertz CT molecular complexity index is 726. The van der Waals surface area contributed by atoms with Crippen molar-refractivity contribution in [3.05, 3.63) is 54.1 Å². The van der Waals surface area contributed by atoms with E-state index in [9.17, 15) is 8.42 Å². The molecule has 1 aliphatic rings. The minimum atomic E-state index is -3.28. The summed E-state index contributed by atoms with van der Waals surface area (Å²) < 4.78 is 29.1. The second kappa shape index (κ2) is 6.22. The quantitative estimate of drug-likeness (QED) is 0.849. The first-order chi connectivity index (χ1) is 10.5. The summed E-state index contributed by atoms with van der Waals surface area (Å²) in [5.41, 5.74) is 1.94. The fraction of sp³-hybridized carbons (Fsp3) is 0.438. The van der Waals surface area contributed by atoms with Crippen molar-refractivity contribution in [1.29, 1.82) is 0 Å². The lowest BCUT2D eigenvalue weighted by Gasteiger charge is -2.24. The molecule has 1 fully saturated rings. The highest BCUT2D eigenvalue weighted by Gasteiger charge is 2.34. The first kappa shape index (κ1) is 15.2. The van der Waals surface area contributed by atoms with Crippen molar-refractivity contribution in [2.45, 2.75) is 38.1 Å². The summed E-state index contributed by atoms with van der Waals surface area (Å²) in [6.45, 7) is 3.27. The predicted octanol–water partition coefficient (Wildman–Crippen LogP) is 2.19. The highest BCUT2D eigenvalue weighted by atomic mass is 32.2. The number of hydrogen-bond acceptors (Lipinski definition) is 3. The van der Waals surface area contributed by atoms with Crippen molar-refractivity contribution >= 4 is 10.0 Å². The summed E-state index contributed by atoms with van der Waals surface area (Å²) in [5, 5.41) is 0. The number of hydrogen-bond donors (Lipinski definition) is 0. The zero-order valence-corrected chi connectivity index (χ0v) is 13.5. The lowest BCUT2D eigenvalue weighted by Crippen LogP contribution is -2.38. The Morgan fingerprint density at radius 2 is 2.23 bits per heavy atom. The molecule has 1 atom stereocenters. The third-order valence-corrected chi connectivity index (χ3v) is 5.99. The van der Waals surface area contributed by atoms with Crippen LogP contribution < -0.4 is 0 Å². The Morgan fingerprint density at radius 1 is 1.36 bits per heavy atom. The summed E-state index contributed by atoms with van der Waals surface area (Å²) in [6, 6.07) is 7.74. The molecule has 0 saturated carbocycles. The SMILES string of the molecule is Cc1cccc(CS(=O)(=O)N2CCCC2Cn2ccnc2)c1. The standard InChI is InChI=1S/C16H21N3O2S/c1-14-4-2-5-15(10-14)12-22(20,21)19-8-3-6-16(19)11-18-9-7-17-13-18/h2,4-5,7,9-10,13,16H,3,6,8,11-12H2,1H3. The van der Waals surface area contributed by atoms with E-state index in [1.165, 1.54) is 0 Å². The highest BCUT2D eigenvalue weighted by Crippen LogP contribution is 2.25. The van der Waals surface area contributed by atoms with Crippen LogP contribution in [0.4, 0.5) is 0 Å². The van der Waals surface area contributed by atoms with Crippen LogP contribution in [0.3, 0.4) is 0 Å². The van der Waals surface area contributed by atoms with Crippen LogP contribution >= 0.6 is 0 Å². The van der Waals surface area contributed by atoms with Gasteiger partial charge in [-0.15, -0.1) is 0 Å². The molecule has 118 valence electrons. The fourth-order valence-electron chi connectivity index (χ4n) is 3.09. The predicted molar refractivity (Wildman–Crippen MR) is 85.8 cm³/mol. The molecule has 5 nitrogen and oxygen atoms in total. The number of aromatic nitrogens is 2. The molecule has 2 aromatic rings. The van der Waals surface area contributed by atoms with Gasteiger partial charge in [-0.2, -0.15) is 4.31 Å². The van der Waals surface area contributed by atoms with Crippen LogP contribution in [0.1, 0.15) is 24.0 Å². The molecule has 6 heteroatoms. The van der Waals surface area contributed by atoms with E-state index in [1.807, 2.05) is 42.0 Å². The number of benzene rings is 1. The van der Waals surface area contributed by atoms with Gasteiger partial charge < -0.3 is 4.57 Å². The molecule has 1 aromatic heterocycles. The smallest absolute Gasteiger partial charge is 0.218 e. The third kappa shape index (κ3) is 3.39. The monoisotopic (exact) mass is 319 g/mol. The topological polar surface area (TPSA) is 55.2 Å². The van der Waals surface area contributed by atoms with E-state index in [4.69, 9.17) is 0 Å². The average molecular weight is 319 g/mol. The maximum atomic E-state index is 12.8.